The molecular weight excluding hydrogens is 1540 g/mol. The molecule has 9 heteroatoms. The summed E-state index contributed by atoms with van der Waals surface area (Å²) in [7, 11) is 0. The summed E-state index contributed by atoms with van der Waals surface area (Å²) in [5.74, 6) is 1.66. The maximum absolute atomic E-state index is 9.85. The van der Waals surface area contributed by atoms with Gasteiger partial charge in [-0.25, -0.2) is 0 Å². The van der Waals surface area contributed by atoms with Crippen LogP contribution in [0.1, 0.15) is 223 Å². The van der Waals surface area contributed by atoms with Gasteiger partial charge in [0.2, 0.25) is 0 Å². The van der Waals surface area contributed by atoms with Crippen molar-refractivity contribution in [3.05, 3.63) is 410 Å². The molecule has 650 valence electrons. The number of benzene rings is 12. The average molecular weight is 1670 g/mol. The Kier molecular flexibility index (Phi) is 33.4. The summed E-state index contributed by atoms with van der Waals surface area (Å²) in [5, 5.41) is 48.1. The zero-order valence-corrected chi connectivity index (χ0v) is 75.2. The summed E-state index contributed by atoms with van der Waals surface area (Å²) in [6.45, 7) is 20.8. The fraction of sp³-hybridized carbons (Fsp3) is 0.316. The van der Waals surface area contributed by atoms with Crippen LogP contribution in [0.2, 0.25) is 0 Å². The van der Waals surface area contributed by atoms with Crippen molar-refractivity contribution in [2.75, 3.05) is 88.6 Å². The van der Waals surface area contributed by atoms with E-state index in [1.807, 2.05) is 18.2 Å². The van der Waals surface area contributed by atoms with Crippen LogP contribution in [-0.2, 0) is 0 Å². The van der Waals surface area contributed by atoms with Gasteiger partial charge in [-0.05, 0) is 296 Å². The molecule has 0 amide bonds. The molecule has 0 spiro atoms. The van der Waals surface area contributed by atoms with E-state index in [1.54, 1.807) is 12.1 Å². The number of piperazine rings is 1. The SMILES string of the molecule is Cc1ccc(/C(=C(\CCCO)c2ccccc2)c2ccc(C3CCC3)cc2)cc1.Cc1ccc(/C(=C(\CCCO)c2ccccc2)c2ccc(N3CCCCC3)cc2)cc1.Cc1ccc(/C(=C(\CCCO)c2ccccc2)c2ccc(N3CCN(C(C)C)CC3)cc2)cc1.OCCC/C(=C(\c1ccc(O)cc1)c1ccc(C2CN(C3CC3)C2)cc1)c1ccccc1. The molecule has 5 fully saturated rings. The fourth-order valence-corrected chi connectivity index (χ4v) is 18.5. The number of anilines is 2. The predicted molar refractivity (Wildman–Crippen MR) is 531 cm³/mol. The third kappa shape index (κ3) is 24.5. The monoisotopic (exact) mass is 1670 g/mol. The number of hydrogen-bond acceptors (Lipinski definition) is 9. The number of phenols is 1. The Morgan fingerprint density at radius 2 is 0.563 bits per heavy atom. The molecule has 0 bridgehead atoms. The molecule has 2 saturated carbocycles. The zero-order chi connectivity index (χ0) is 87.4. The van der Waals surface area contributed by atoms with Crippen LogP contribution in [0.3, 0.4) is 0 Å². The third-order valence-corrected chi connectivity index (χ3v) is 26.1. The molecule has 17 rings (SSSR count). The number of likely N-dealkylation sites (tertiary alicyclic amines) is 1. The molecule has 0 radical (unpaired) electrons. The molecule has 2 aliphatic carbocycles. The maximum Gasteiger partial charge on any atom is 0.115 e. The van der Waals surface area contributed by atoms with E-state index in [1.165, 1.54) is 209 Å². The van der Waals surface area contributed by atoms with Crippen LogP contribution in [0.5, 0.6) is 5.75 Å². The van der Waals surface area contributed by atoms with Gasteiger partial charge in [0.25, 0.3) is 0 Å². The number of phenolic OH excluding ortho intramolecular Hbond substituents is 1. The van der Waals surface area contributed by atoms with Gasteiger partial charge in [0.1, 0.15) is 5.75 Å². The van der Waals surface area contributed by atoms with E-state index in [-0.39, 0.29) is 32.2 Å². The van der Waals surface area contributed by atoms with Crippen molar-refractivity contribution >= 4 is 56.0 Å². The minimum absolute atomic E-state index is 0.164. The Balaban J connectivity index is 0.000000136. The van der Waals surface area contributed by atoms with Gasteiger partial charge in [-0.1, -0.05) is 302 Å². The first-order valence-corrected chi connectivity index (χ1v) is 46.8. The highest BCUT2D eigenvalue weighted by Gasteiger charge is 2.38. The van der Waals surface area contributed by atoms with E-state index in [2.05, 4.69) is 339 Å². The normalized spacial score (nSPS) is 15.8. The van der Waals surface area contributed by atoms with Gasteiger partial charge in [-0.3, -0.25) is 9.80 Å². The summed E-state index contributed by atoms with van der Waals surface area (Å²) in [6, 6.07) is 114. The summed E-state index contributed by atoms with van der Waals surface area (Å²) in [6.07, 6.45) is 17.0. The number of aromatic hydroxyl groups is 1. The van der Waals surface area contributed by atoms with Crippen molar-refractivity contribution in [3.63, 3.8) is 0 Å². The van der Waals surface area contributed by atoms with Gasteiger partial charge >= 0.3 is 0 Å². The van der Waals surface area contributed by atoms with E-state index >= 15 is 0 Å². The maximum atomic E-state index is 9.85. The lowest BCUT2D eigenvalue weighted by Crippen LogP contribution is -2.48. The number of aryl methyl sites for hydroxylation is 3. The first kappa shape index (κ1) is 91.0. The molecule has 12 aromatic rings. The topological polar surface area (TPSA) is 114 Å². The van der Waals surface area contributed by atoms with Crippen LogP contribution >= 0.6 is 0 Å². The van der Waals surface area contributed by atoms with Gasteiger partial charge < -0.3 is 35.3 Å². The number of allylic oxidation sites excluding steroid dienone is 4. The van der Waals surface area contributed by atoms with E-state index in [4.69, 9.17) is 0 Å². The molecular formula is C117H132N4O5. The highest BCUT2D eigenvalue weighted by atomic mass is 16.3. The summed E-state index contributed by atoms with van der Waals surface area (Å²) >= 11 is 0. The predicted octanol–water partition coefficient (Wildman–Crippen LogP) is 25.7. The summed E-state index contributed by atoms with van der Waals surface area (Å²) in [4.78, 5) is 10.2. The third-order valence-electron chi connectivity index (χ3n) is 26.1. The number of hydrogen-bond donors (Lipinski definition) is 5. The standard InChI is InChI=1S/C31H38N2O.C29H31NO2.C29H33NO.C28H30O/c1-24(2)32-19-21-33(22-20-32)29-17-15-28(16-18-29)31(27-13-11-25(3)12-14-27)30(10-7-23-34)26-8-5-4-6-9-26;31-18-4-7-28(22-5-2-1-3-6-22)29(24-12-16-27(32)17-13-24)23-10-8-21(9-11-23)25-19-30(20-25)26-14-15-26;1-23-12-14-25(15-13-23)29(28(11-8-22-31)24-9-4-2-5-10-24)26-16-18-27(19-17-26)30-20-6-3-7-21-30;1-21-12-14-25(15-13-21)28(26-18-16-23(17-19-26)22-9-5-10-22)27(11-6-20-29)24-7-3-2-4-8-24/h4-6,8-9,11-18,24,34H,7,10,19-23H2,1-3H3;1-3,5-6,8-13,16-17,25-26,31-32H,4,7,14-15,18-20H2;2,4-5,9-10,12-19,31H,3,6-8,11,20-22H2,1H3;2-4,7-8,12-19,22,29H,5-6,9-11,20H2,1H3/b31-30-;29-28+;29-28-;28-27-. The van der Waals surface area contributed by atoms with Crippen molar-refractivity contribution in [2.24, 2.45) is 0 Å². The first-order valence-electron chi connectivity index (χ1n) is 46.8. The average Bonchev–Trinajstić information content (AvgIpc) is 1.56. The number of aliphatic hydroxyl groups excluding tert-OH is 4. The number of aliphatic hydroxyl groups is 4. The molecule has 12 aromatic carbocycles. The van der Waals surface area contributed by atoms with Crippen molar-refractivity contribution < 1.29 is 25.5 Å². The van der Waals surface area contributed by atoms with Gasteiger partial charge in [0.15, 0.2) is 0 Å². The Bertz CT molecular complexity index is 5430. The minimum Gasteiger partial charge on any atom is -0.508 e. The summed E-state index contributed by atoms with van der Waals surface area (Å²) < 4.78 is 0. The van der Waals surface area contributed by atoms with Crippen molar-refractivity contribution in [3.8, 4) is 5.75 Å². The minimum atomic E-state index is 0.164. The Labute approximate surface area is 752 Å². The van der Waals surface area contributed by atoms with E-state index < -0.39 is 0 Å². The zero-order valence-electron chi connectivity index (χ0n) is 75.2. The fourth-order valence-electron chi connectivity index (χ4n) is 18.5. The molecule has 3 heterocycles. The highest BCUT2D eigenvalue weighted by Crippen LogP contribution is 2.44. The molecule has 5 N–H and O–H groups in total. The number of nitrogens with zero attached hydrogens (tertiary/aromatic N) is 4. The number of piperidine rings is 1. The molecule has 5 aliphatic rings. The second-order valence-corrected chi connectivity index (χ2v) is 35.3. The van der Waals surface area contributed by atoms with Gasteiger partial charge in [0.05, 0.1) is 0 Å². The quantitative estimate of drug-likeness (QED) is 0.0281. The van der Waals surface area contributed by atoms with Crippen LogP contribution in [0.15, 0.2) is 315 Å². The molecule has 3 saturated heterocycles. The Morgan fingerprint density at radius 1 is 0.286 bits per heavy atom. The van der Waals surface area contributed by atoms with Crippen LogP contribution in [-0.4, -0.2) is 126 Å². The molecule has 0 atom stereocenters. The Morgan fingerprint density at radius 3 is 0.841 bits per heavy atom. The van der Waals surface area contributed by atoms with Gasteiger partial charge in [-0.15, -0.1) is 0 Å². The number of rotatable bonds is 30. The molecule has 0 unspecified atom stereocenters. The summed E-state index contributed by atoms with van der Waals surface area (Å²) in [5.41, 5.74) is 33.9. The van der Waals surface area contributed by atoms with E-state index in [0.717, 1.165) is 102 Å². The lowest BCUT2D eigenvalue weighted by atomic mass is 9.79. The molecule has 3 aliphatic heterocycles. The largest absolute Gasteiger partial charge is 0.508 e. The van der Waals surface area contributed by atoms with Crippen molar-refractivity contribution in [1.82, 2.24) is 9.80 Å². The van der Waals surface area contributed by atoms with E-state index in [0.29, 0.717) is 18.4 Å². The van der Waals surface area contributed by atoms with Crippen LogP contribution < -0.4 is 9.80 Å². The highest BCUT2D eigenvalue weighted by molar-refractivity contribution is 6.02. The lowest BCUT2D eigenvalue weighted by molar-refractivity contribution is 0.139. The van der Waals surface area contributed by atoms with Crippen LogP contribution in [0.25, 0.3) is 44.6 Å². The Hall–Kier alpha value is -11.2. The second kappa shape index (κ2) is 46.3. The van der Waals surface area contributed by atoms with Crippen LogP contribution in [0, 0.1) is 20.8 Å². The van der Waals surface area contributed by atoms with Crippen molar-refractivity contribution in [1.29, 1.82) is 0 Å². The molecule has 0 aromatic heterocycles. The first-order chi connectivity index (χ1) is 61.8. The lowest BCUT2D eigenvalue weighted by Gasteiger charge is -2.40. The second-order valence-electron chi connectivity index (χ2n) is 35.3. The van der Waals surface area contributed by atoms with Crippen molar-refractivity contribution in [2.45, 2.75) is 161 Å². The molecule has 9 nitrogen and oxygen atoms in total. The van der Waals surface area contributed by atoms with Crippen LogP contribution in [0.4, 0.5) is 11.4 Å². The molecule has 126 heavy (non-hydrogen) atoms. The van der Waals surface area contributed by atoms with E-state index in [9.17, 15) is 25.5 Å². The smallest absolute Gasteiger partial charge is 0.115 e. The van der Waals surface area contributed by atoms with Gasteiger partial charge in [0, 0.05) is 108 Å². The van der Waals surface area contributed by atoms with Gasteiger partial charge in [-0.2, -0.15) is 0 Å².